The smallest absolute Gasteiger partial charge is 0.261 e. The molecule has 0 atom stereocenters. The summed E-state index contributed by atoms with van der Waals surface area (Å²) in [6, 6.07) is 19.5. The Bertz CT molecular complexity index is 1360. The molecule has 1 aliphatic rings. The molecule has 33 heavy (non-hydrogen) atoms. The molecule has 1 aliphatic heterocycles. The van der Waals surface area contributed by atoms with E-state index < -0.39 is 0 Å². The van der Waals surface area contributed by atoms with Crippen LogP contribution >= 0.6 is 0 Å². The van der Waals surface area contributed by atoms with E-state index in [1.807, 2.05) is 16.7 Å². The Morgan fingerprint density at radius 1 is 0.848 bits per heavy atom. The van der Waals surface area contributed by atoms with Gasteiger partial charge in [0.2, 0.25) is 0 Å². The zero-order chi connectivity index (χ0) is 23.1. The average Bonchev–Trinajstić information content (AvgIpc) is 3.27. The quantitative estimate of drug-likeness (QED) is 0.397. The molecule has 0 amide bonds. The number of anilines is 1. The first kappa shape index (κ1) is 21.4. The minimum Gasteiger partial charge on any atom is -0.363 e. The van der Waals surface area contributed by atoms with Crippen molar-refractivity contribution in [2.75, 3.05) is 4.90 Å². The Balaban J connectivity index is 1.61. The molecule has 0 aliphatic carbocycles. The van der Waals surface area contributed by atoms with Crippen molar-refractivity contribution in [2.24, 2.45) is 0 Å². The molecule has 4 aromatic rings. The molecule has 168 valence electrons. The Hall–Kier alpha value is -3.40. The Labute approximate surface area is 195 Å². The van der Waals surface area contributed by atoms with Crippen molar-refractivity contribution in [3.05, 3.63) is 104 Å². The summed E-state index contributed by atoms with van der Waals surface area (Å²) < 4.78 is 1.85. The van der Waals surface area contributed by atoms with Crippen LogP contribution in [-0.4, -0.2) is 9.55 Å². The molecule has 0 bridgehead atoms. The molecule has 3 aromatic carbocycles. The largest absolute Gasteiger partial charge is 0.363 e. The first-order valence-electron chi connectivity index (χ1n) is 11.8. The van der Waals surface area contributed by atoms with Crippen LogP contribution in [-0.2, 0) is 26.1 Å². The van der Waals surface area contributed by atoms with Gasteiger partial charge in [0.15, 0.2) is 0 Å². The lowest BCUT2D eigenvalue weighted by Gasteiger charge is -2.27. The van der Waals surface area contributed by atoms with Crippen LogP contribution in [0.25, 0.3) is 10.9 Å². The van der Waals surface area contributed by atoms with Crippen molar-refractivity contribution in [1.29, 1.82) is 0 Å². The van der Waals surface area contributed by atoms with Crippen LogP contribution in [0.1, 0.15) is 45.6 Å². The number of hydrogen-bond acceptors (Lipinski definition) is 3. The summed E-state index contributed by atoms with van der Waals surface area (Å²) in [6.45, 7) is 11.0. The fourth-order valence-electron chi connectivity index (χ4n) is 4.86. The van der Waals surface area contributed by atoms with E-state index in [0.29, 0.717) is 5.39 Å². The maximum Gasteiger partial charge on any atom is 0.261 e. The van der Waals surface area contributed by atoms with E-state index in [0.717, 1.165) is 49.5 Å². The lowest BCUT2D eigenvalue weighted by atomic mass is 10.0. The van der Waals surface area contributed by atoms with Gasteiger partial charge < -0.3 is 4.90 Å². The van der Waals surface area contributed by atoms with Crippen molar-refractivity contribution < 1.29 is 0 Å². The average molecular weight is 438 g/mol. The van der Waals surface area contributed by atoms with Crippen LogP contribution in [0.4, 0.5) is 5.69 Å². The summed E-state index contributed by atoms with van der Waals surface area (Å²) in [4.78, 5) is 20.4. The van der Waals surface area contributed by atoms with E-state index in [-0.39, 0.29) is 5.56 Å². The topological polar surface area (TPSA) is 38.1 Å². The van der Waals surface area contributed by atoms with Crippen molar-refractivity contribution in [3.8, 4) is 0 Å². The molecule has 0 saturated carbocycles. The fourth-order valence-corrected chi connectivity index (χ4v) is 4.86. The number of benzene rings is 3. The predicted octanol–water partition coefficient (Wildman–Crippen LogP) is 5.78. The highest BCUT2D eigenvalue weighted by Gasteiger charge is 2.18. The first-order valence-corrected chi connectivity index (χ1v) is 11.8. The van der Waals surface area contributed by atoms with Crippen molar-refractivity contribution >= 4 is 16.6 Å². The molecule has 0 spiro atoms. The van der Waals surface area contributed by atoms with Gasteiger partial charge in [0.25, 0.3) is 5.56 Å². The van der Waals surface area contributed by atoms with Gasteiger partial charge in [-0.15, -0.1) is 0 Å². The molecular weight excluding hydrogens is 406 g/mol. The third-order valence-electron chi connectivity index (χ3n) is 6.90. The number of nitrogens with zero attached hydrogens (tertiary/aromatic N) is 3. The number of hydrogen-bond donors (Lipinski definition) is 0. The summed E-state index contributed by atoms with van der Waals surface area (Å²) in [6.07, 6.45) is 1.88. The van der Waals surface area contributed by atoms with Crippen molar-refractivity contribution in [1.82, 2.24) is 9.55 Å². The lowest BCUT2D eigenvalue weighted by Crippen LogP contribution is -2.25. The van der Waals surface area contributed by atoms with Crippen LogP contribution < -0.4 is 10.5 Å². The van der Waals surface area contributed by atoms with Gasteiger partial charge in [0, 0.05) is 31.7 Å². The van der Waals surface area contributed by atoms with E-state index in [4.69, 9.17) is 4.98 Å². The molecule has 0 radical (unpaired) electrons. The van der Waals surface area contributed by atoms with Gasteiger partial charge in [0.05, 0.1) is 10.9 Å². The number of rotatable bonds is 5. The van der Waals surface area contributed by atoms with Gasteiger partial charge in [-0.3, -0.25) is 9.36 Å². The lowest BCUT2D eigenvalue weighted by molar-refractivity contribution is 0.719. The van der Waals surface area contributed by atoms with Crippen LogP contribution in [0.2, 0.25) is 0 Å². The van der Waals surface area contributed by atoms with E-state index >= 15 is 0 Å². The van der Waals surface area contributed by atoms with Crippen LogP contribution in [0, 0.1) is 27.7 Å². The molecule has 5 rings (SSSR count). The van der Waals surface area contributed by atoms with Gasteiger partial charge in [-0.25, -0.2) is 4.98 Å². The monoisotopic (exact) mass is 437 g/mol. The SMILES string of the molecule is Cc1ccc(C)c(CN(Cc2cc(C)ccc2C)c2ccc3nc4n(c(=O)c3c2)CCC4)c1. The van der Waals surface area contributed by atoms with Crippen molar-refractivity contribution in [2.45, 2.75) is 60.2 Å². The van der Waals surface area contributed by atoms with Gasteiger partial charge in [-0.2, -0.15) is 0 Å². The third-order valence-corrected chi connectivity index (χ3v) is 6.90. The number of aromatic nitrogens is 2. The molecule has 0 saturated heterocycles. The third kappa shape index (κ3) is 4.18. The minimum absolute atomic E-state index is 0.0905. The first-order chi connectivity index (χ1) is 15.9. The molecule has 1 aromatic heterocycles. The molecule has 0 N–H and O–H groups in total. The van der Waals surface area contributed by atoms with Crippen LogP contribution in [0.15, 0.2) is 59.4 Å². The highest BCUT2D eigenvalue weighted by atomic mass is 16.1. The Kier molecular flexibility index (Phi) is 5.53. The molecule has 2 heterocycles. The highest BCUT2D eigenvalue weighted by molar-refractivity contribution is 5.82. The summed E-state index contributed by atoms with van der Waals surface area (Å²) in [5, 5.41) is 0.713. The maximum absolute atomic E-state index is 13.2. The van der Waals surface area contributed by atoms with Crippen LogP contribution in [0.5, 0.6) is 0 Å². The second-order valence-electron chi connectivity index (χ2n) is 9.51. The summed E-state index contributed by atoms with van der Waals surface area (Å²) in [5.41, 5.74) is 9.66. The van der Waals surface area contributed by atoms with Gasteiger partial charge in [-0.05, 0) is 74.6 Å². The van der Waals surface area contributed by atoms with Crippen LogP contribution in [0.3, 0.4) is 0 Å². The number of fused-ring (bicyclic) bond motifs is 2. The molecule has 4 heteroatoms. The van der Waals surface area contributed by atoms with E-state index in [2.05, 4.69) is 75.1 Å². The zero-order valence-corrected chi connectivity index (χ0v) is 20.0. The fraction of sp³-hybridized carbons (Fsp3) is 0.310. The second-order valence-corrected chi connectivity index (χ2v) is 9.51. The van der Waals surface area contributed by atoms with Gasteiger partial charge in [-0.1, -0.05) is 47.5 Å². The molecule has 0 fully saturated rings. The molecular formula is C29H31N3O. The Morgan fingerprint density at radius 2 is 1.48 bits per heavy atom. The standard InChI is InChI=1S/C29H31N3O/c1-19-7-9-21(3)23(14-19)17-31(18-24-15-20(2)8-10-22(24)4)25-11-12-27-26(16-25)29(33)32-13-5-6-28(32)30-27/h7-12,14-16H,5-6,13,17-18H2,1-4H3. The second kappa shape index (κ2) is 8.51. The maximum atomic E-state index is 13.2. The number of aryl methyl sites for hydroxylation is 5. The Morgan fingerprint density at radius 3 is 2.12 bits per heavy atom. The summed E-state index contributed by atoms with van der Waals surface area (Å²) >= 11 is 0. The summed E-state index contributed by atoms with van der Waals surface area (Å²) in [7, 11) is 0. The van der Waals surface area contributed by atoms with E-state index in [1.54, 1.807) is 0 Å². The molecule has 4 nitrogen and oxygen atoms in total. The molecule has 0 unspecified atom stereocenters. The van der Waals surface area contributed by atoms with Crippen molar-refractivity contribution in [3.63, 3.8) is 0 Å². The minimum atomic E-state index is 0.0905. The van der Waals surface area contributed by atoms with Gasteiger partial charge in [0.1, 0.15) is 5.82 Å². The van der Waals surface area contributed by atoms with Gasteiger partial charge >= 0.3 is 0 Å². The normalized spacial score (nSPS) is 12.8. The predicted molar refractivity (Wildman–Crippen MR) is 136 cm³/mol. The zero-order valence-electron chi connectivity index (χ0n) is 20.0. The summed E-state index contributed by atoms with van der Waals surface area (Å²) in [5.74, 6) is 0.919. The highest BCUT2D eigenvalue weighted by Crippen LogP contribution is 2.27. The van der Waals surface area contributed by atoms with E-state index in [1.165, 1.54) is 33.4 Å². The van der Waals surface area contributed by atoms with E-state index in [9.17, 15) is 4.79 Å².